The Morgan fingerprint density at radius 1 is 1.23 bits per heavy atom. The van der Waals surface area contributed by atoms with Crippen molar-refractivity contribution in [3.63, 3.8) is 0 Å². The van der Waals surface area contributed by atoms with Crippen LogP contribution in [-0.4, -0.2) is 34.3 Å². The first-order chi connectivity index (χ1) is 14.2. The van der Waals surface area contributed by atoms with Crippen LogP contribution in [0.15, 0.2) is 42.6 Å². The lowest BCUT2D eigenvalue weighted by atomic mass is 9.91. The van der Waals surface area contributed by atoms with Crippen molar-refractivity contribution in [2.45, 2.75) is 59.0 Å². The molecule has 3 rings (SSSR count). The molecular weight excluding hydrogens is 398 g/mol. The van der Waals surface area contributed by atoms with Gasteiger partial charge in [-0.15, -0.1) is 0 Å². The second-order valence-corrected chi connectivity index (χ2v) is 9.53. The third kappa shape index (κ3) is 5.39. The fraction of sp³-hybridized carbons (Fsp3) is 0.458. The van der Waals surface area contributed by atoms with Crippen molar-refractivity contribution < 1.29 is 9.59 Å². The number of pyridine rings is 1. The number of halogens is 1. The molecule has 1 aromatic heterocycles. The zero-order valence-electron chi connectivity index (χ0n) is 18.1. The standard InChI is InChI=1S/C24H30ClN3O2/c1-16(17-9-11-18(12-10-17)19-7-5-13-26-22(19)25)27-23(30)20-8-6-14-28(20)21(29)15-24(2,3)4/h5,7,9-13,16,20H,6,8,14-15H2,1-4H3,(H,27,30). The SMILES string of the molecule is CC(NC(=O)C1CCCN1C(=O)CC(C)(C)C)c1ccc(-c2cccnc2Cl)cc1. The average Bonchev–Trinajstić information content (AvgIpc) is 3.17. The van der Waals surface area contributed by atoms with Crippen LogP contribution in [0.4, 0.5) is 0 Å². The lowest BCUT2D eigenvalue weighted by Crippen LogP contribution is -2.47. The van der Waals surface area contributed by atoms with Crippen LogP contribution in [0.25, 0.3) is 11.1 Å². The van der Waals surface area contributed by atoms with E-state index in [1.54, 1.807) is 11.1 Å². The molecule has 5 nitrogen and oxygen atoms in total. The van der Waals surface area contributed by atoms with Gasteiger partial charge in [-0.1, -0.05) is 56.6 Å². The number of benzene rings is 1. The predicted octanol–water partition coefficient (Wildman–Crippen LogP) is 5.01. The smallest absolute Gasteiger partial charge is 0.243 e. The second-order valence-electron chi connectivity index (χ2n) is 9.18. The lowest BCUT2D eigenvalue weighted by Gasteiger charge is -2.28. The van der Waals surface area contributed by atoms with Gasteiger partial charge in [0, 0.05) is 24.7 Å². The van der Waals surface area contributed by atoms with Gasteiger partial charge in [-0.2, -0.15) is 0 Å². The number of amides is 2. The van der Waals surface area contributed by atoms with Crippen LogP contribution in [0.5, 0.6) is 0 Å². The van der Waals surface area contributed by atoms with Crippen LogP contribution in [0.3, 0.4) is 0 Å². The van der Waals surface area contributed by atoms with Gasteiger partial charge in [0.2, 0.25) is 11.8 Å². The fourth-order valence-electron chi connectivity index (χ4n) is 3.84. The Hall–Kier alpha value is -2.40. The van der Waals surface area contributed by atoms with Crippen LogP contribution in [0, 0.1) is 5.41 Å². The van der Waals surface area contributed by atoms with Crippen LogP contribution in [-0.2, 0) is 9.59 Å². The number of nitrogens with zero attached hydrogens (tertiary/aromatic N) is 2. The lowest BCUT2D eigenvalue weighted by molar-refractivity contribution is -0.140. The Bertz CT molecular complexity index is 905. The van der Waals surface area contributed by atoms with Gasteiger partial charge < -0.3 is 10.2 Å². The number of carbonyl (C=O) groups excluding carboxylic acids is 2. The molecule has 30 heavy (non-hydrogen) atoms. The molecule has 0 spiro atoms. The van der Waals surface area contributed by atoms with Gasteiger partial charge in [-0.05, 0) is 48.4 Å². The van der Waals surface area contributed by atoms with E-state index >= 15 is 0 Å². The van der Waals surface area contributed by atoms with E-state index in [9.17, 15) is 9.59 Å². The quantitative estimate of drug-likeness (QED) is 0.682. The summed E-state index contributed by atoms with van der Waals surface area (Å²) in [5, 5.41) is 3.55. The molecule has 0 bridgehead atoms. The topological polar surface area (TPSA) is 62.3 Å². The maximum atomic E-state index is 12.9. The zero-order valence-corrected chi connectivity index (χ0v) is 18.9. The van der Waals surface area contributed by atoms with Gasteiger partial charge in [-0.25, -0.2) is 4.98 Å². The van der Waals surface area contributed by atoms with E-state index in [0.29, 0.717) is 24.5 Å². The van der Waals surface area contributed by atoms with E-state index < -0.39 is 0 Å². The first-order valence-corrected chi connectivity index (χ1v) is 10.8. The van der Waals surface area contributed by atoms with Gasteiger partial charge in [-0.3, -0.25) is 9.59 Å². The molecule has 0 radical (unpaired) electrons. The minimum Gasteiger partial charge on any atom is -0.348 e. The number of nitrogens with one attached hydrogen (secondary N) is 1. The van der Waals surface area contributed by atoms with Gasteiger partial charge in [0.1, 0.15) is 11.2 Å². The molecule has 2 unspecified atom stereocenters. The van der Waals surface area contributed by atoms with E-state index in [1.165, 1.54) is 0 Å². The highest BCUT2D eigenvalue weighted by Crippen LogP contribution is 2.28. The van der Waals surface area contributed by atoms with Crippen molar-refractivity contribution in [3.05, 3.63) is 53.3 Å². The number of aromatic nitrogens is 1. The van der Waals surface area contributed by atoms with Crippen LogP contribution < -0.4 is 5.32 Å². The molecule has 1 fully saturated rings. The van der Waals surface area contributed by atoms with Crippen LogP contribution >= 0.6 is 11.6 Å². The van der Waals surface area contributed by atoms with E-state index in [1.807, 2.05) is 64.1 Å². The molecule has 2 heterocycles. The number of hydrogen-bond donors (Lipinski definition) is 1. The number of hydrogen-bond acceptors (Lipinski definition) is 3. The highest BCUT2D eigenvalue weighted by atomic mass is 35.5. The Labute approximate surface area is 183 Å². The summed E-state index contributed by atoms with van der Waals surface area (Å²) in [6.07, 6.45) is 3.69. The average molecular weight is 428 g/mol. The first-order valence-electron chi connectivity index (χ1n) is 10.5. The van der Waals surface area contributed by atoms with Crippen molar-refractivity contribution in [2.24, 2.45) is 5.41 Å². The molecule has 160 valence electrons. The summed E-state index contributed by atoms with van der Waals surface area (Å²) >= 11 is 6.18. The monoisotopic (exact) mass is 427 g/mol. The third-order valence-corrected chi connectivity index (χ3v) is 5.70. The predicted molar refractivity (Wildman–Crippen MR) is 120 cm³/mol. The highest BCUT2D eigenvalue weighted by molar-refractivity contribution is 6.32. The molecule has 6 heteroatoms. The molecule has 0 aliphatic carbocycles. The maximum absolute atomic E-state index is 12.9. The second kappa shape index (κ2) is 9.17. The van der Waals surface area contributed by atoms with Gasteiger partial charge in [0.05, 0.1) is 6.04 Å². The largest absolute Gasteiger partial charge is 0.348 e. The Morgan fingerprint density at radius 2 is 1.93 bits per heavy atom. The molecule has 2 atom stereocenters. The molecule has 1 aromatic carbocycles. The van der Waals surface area contributed by atoms with E-state index in [2.05, 4.69) is 10.3 Å². The highest BCUT2D eigenvalue weighted by Gasteiger charge is 2.35. The van der Waals surface area contributed by atoms with Gasteiger partial charge in [0.15, 0.2) is 0 Å². The summed E-state index contributed by atoms with van der Waals surface area (Å²) < 4.78 is 0. The Kier molecular flexibility index (Phi) is 6.81. The molecule has 1 saturated heterocycles. The van der Waals surface area contributed by atoms with Gasteiger partial charge >= 0.3 is 0 Å². The van der Waals surface area contributed by atoms with Crippen molar-refractivity contribution in [3.8, 4) is 11.1 Å². The first kappa shape index (κ1) is 22.3. The van der Waals surface area contributed by atoms with Crippen molar-refractivity contribution in [1.82, 2.24) is 15.2 Å². The summed E-state index contributed by atoms with van der Waals surface area (Å²) in [5.74, 6) is -0.0212. The normalized spacial score (nSPS) is 17.6. The number of rotatable bonds is 5. The summed E-state index contributed by atoms with van der Waals surface area (Å²) in [4.78, 5) is 31.4. The number of likely N-dealkylation sites (tertiary alicyclic amines) is 1. The van der Waals surface area contributed by atoms with E-state index in [-0.39, 0.29) is 29.3 Å². The van der Waals surface area contributed by atoms with Crippen LogP contribution in [0.1, 0.15) is 58.6 Å². The molecule has 1 aliphatic rings. The Balaban J connectivity index is 1.65. The van der Waals surface area contributed by atoms with E-state index in [4.69, 9.17) is 11.6 Å². The Morgan fingerprint density at radius 3 is 2.57 bits per heavy atom. The third-order valence-electron chi connectivity index (χ3n) is 5.40. The summed E-state index contributed by atoms with van der Waals surface area (Å²) in [6.45, 7) is 8.74. The minimum absolute atomic E-state index is 0.0607. The molecular formula is C24H30ClN3O2. The van der Waals surface area contributed by atoms with Crippen LogP contribution in [0.2, 0.25) is 5.15 Å². The summed E-state index contributed by atoms with van der Waals surface area (Å²) in [5.41, 5.74) is 2.76. The van der Waals surface area contributed by atoms with Gasteiger partial charge in [0.25, 0.3) is 0 Å². The minimum atomic E-state index is -0.379. The molecule has 1 N–H and O–H groups in total. The molecule has 0 saturated carbocycles. The zero-order chi connectivity index (χ0) is 21.9. The molecule has 2 aromatic rings. The maximum Gasteiger partial charge on any atom is 0.243 e. The van der Waals surface area contributed by atoms with Crippen molar-refractivity contribution in [1.29, 1.82) is 0 Å². The summed E-state index contributed by atoms with van der Waals surface area (Å²) in [6, 6.07) is 11.2. The number of carbonyl (C=O) groups is 2. The van der Waals surface area contributed by atoms with E-state index in [0.717, 1.165) is 23.1 Å². The molecule has 1 aliphatic heterocycles. The van der Waals surface area contributed by atoms with Crippen molar-refractivity contribution in [2.75, 3.05) is 6.54 Å². The summed E-state index contributed by atoms with van der Waals surface area (Å²) in [7, 11) is 0. The van der Waals surface area contributed by atoms with Crippen molar-refractivity contribution >= 4 is 23.4 Å². The molecule has 2 amide bonds. The fourth-order valence-corrected chi connectivity index (χ4v) is 4.07.